The highest BCUT2D eigenvalue weighted by Crippen LogP contribution is 2.41. The first kappa shape index (κ1) is 24.0. The van der Waals surface area contributed by atoms with Crippen LogP contribution < -0.4 is 14.8 Å². The normalized spacial score (nSPS) is 19.3. The van der Waals surface area contributed by atoms with Crippen molar-refractivity contribution in [3.8, 4) is 11.5 Å². The zero-order valence-corrected chi connectivity index (χ0v) is 17.9. The van der Waals surface area contributed by atoms with Crippen LogP contribution in [0.4, 0.5) is 0 Å². The molecule has 0 spiro atoms. The summed E-state index contributed by atoms with van der Waals surface area (Å²) in [6.07, 6.45) is 6.61. The third kappa shape index (κ3) is 6.24. The highest BCUT2D eigenvalue weighted by Gasteiger charge is 2.31. The third-order valence-corrected chi connectivity index (χ3v) is 5.42. The van der Waals surface area contributed by atoms with Crippen LogP contribution in [0, 0.1) is 5.92 Å². The van der Waals surface area contributed by atoms with Crippen LogP contribution in [-0.4, -0.2) is 44.2 Å². The molecule has 1 heterocycles. The van der Waals surface area contributed by atoms with Crippen LogP contribution in [0.3, 0.4) is 0 Å². The van der Waals surface area contributed by atoms with Crippen LogP contribution in [0.2, 0.25) is 0 Å². The number of nitrogens with one attached hydrogen (secondary N) is 1. The number of ether oxygens (including phenoxy) is 2. The molecule has 5 nitrogen and oxygen atoms in total. The fourth-order valence-corrected chi connectivity index (χ4v) is 4.30. The van der Waals surface area contributed by atoms with Gasteiger partial charge in [-0.2, -0.15) is 0 Å². The molecule has 0 aromatic heterocycles. The predicted octanol–water partition coefficient (Wildman–Crippen LogP) is 3.99. The Labute approximate surface area is 175 Å². The summed E-state index contributed by atoms with van der Waals surface area (Å²) in [6.45, 7) is 5.67. The van der Waals surface area contributed by atoms with Crippen molar-refractivity contribution in [3.63, 3.8) is 0 Å². The van der Waals surface area contributed by atoms with E-state index in [1.54, 1.807) is 7.11 Å². The smallest absolute Gasteiger partial charge is 0.308 e. The Morgan fingerprint density at radius 3 is 2.37 bits per heavy atom. The van der Waals surface area contributed by atoms with Crippen LogP contribution >= 0.6 is 24.8 Å². The molecular formula is C20H32Cl2N2O3. The number of halogens is 2. The second kappa shape index (κ2) is 11.7. The second-order valence-corrected chi connectivity index (χ2v) is 7.13. The molecule has 1 aromatic rings. The second-order valence-electron chi connectivity index (χ2n) is 7.13. The highest BCUT2D eigenvalue weighted by molar-refractivity contribution is 5.85. The van der Waals surface area contributed by atoms with Crippen molar-refractivity contribution in [2.24, 2.45) is 5.92 Å². The van der Waals surface area contributed by atoms with Crippen molar-refractivity contribution < 1.29 is 14.3 Å². The topological polar surface area (TPSA) is 50.8 Å². The molecule has 3 rings (SSSR count). The van der Waals surface area contributed by atoms with E-state index in [0.717, 1.165) is 26.2 Å². The van der Waals surface area contributed by atoms with Gasteiger partial charge in [-0.15, -0.1) is 24.8 Å². The minimum absolute atomic E-state index is 0. The van der Waals surface area contributed by atoms with E-state index in [4.69, 9.17) is 9.47 Å². The Morgan fingerprint density at radius 1 is 1.11 bits per heavy atom. The van der Waals surface area contributed by atoms with Gasteiger partial charge in [0.2, 0.25) is 0 Å². The minimum atomic E-state index is -0.322. The molecule has 2 aliphatic rings. The van der Waals surface area contributed by atoms with E-state index in [0.29, 0.717) is 23.5 Å². The number of rotatable bonds is 5. The van der Waals surface area contributed by atoms with Crippen LogP contribution in [0.5, 0.6) is 11.5 Å². The van der Waals surface area contributed by atoms with E-state index in [1.807, 2.05) is 6.07 Å². The molecule has 0 amide bonds. The van der Waals surface area contributed by atoms with Crippen molar-refractivity contribution in [1.82, 2.24) is 10.2 Å². The summed E-state index contributed by atoms with van der Waals surface area (Å²) in [5.41, 5.74) is 1.28. The van der Waals surface area contributed by atoms with E-state index < -0.39 is 0 Å². The number of carbonyl (C=O) groups excluding carboxylic acids is 1. The van der Waals surface area contributed by atoms with Crippen LogP contribution in [0.1, 0.15) is 50.6 Å². The van der Waals surface area contributed by atoms with Gasteiger partial charge >= 0.3 is 5.97 Å². The quantitative estimate of drug-likeness (QED) is 0.578. The highest BCUT2D eigenvalue weighted by atomic mass is 35.5. The Kier molecular flexibility index (Phi) is 10.5. The Balaban J connectivity index is 0.00000182. The zero-order valence-electron chi connectivity index (χ0n) is 16.2. The van der Waals surface area contributed by atoms with Crippen LogP contribution in [0.25, 0.3) is 0 Å². The molecule has 0 unspecified atom stereocenters. The molecule has 1 aliphatic carbocycles. The molecule has 0 radical (unpaired) electrons. The maximum atomic E-state index is 11.3. The largest absolute Gasteiger partial charge is 0.493 e. The summed E-state index contributed by atoms with van der Waals surface area (Å²) in [4.78, 5) is 13.9. The first-order valence-corrected chi connectivity index (χ1v) is 9.50. The van der Waals surface area contributed by atoms with Gasteiger partial charge in [-0.1, -0.05) is 25.3 Å². The predicted molar refractivity (Wildman–Crippen MR) is 113 cm³/mol. The molecule has 1 saturated carbocycles. The maximum absolute atomic E-state index is 11.3. The fourth-order valence-electron chi connectivity index (χ4n) is 4.30. The summed E-state index contributed by atoms with van der Waals surface area (Å²) >= 11 is 0. The zero-order chi connectivity index (χ0) is 17.6. The lowest BCUT2D eigenvalue weighted by atomic mass is 9.80. The van der Waals surface area contributed by atoms with Gasteiger partial charge in [0.15, 0.2) is 11.5 Å². The third-order valence-electron chi connectivity index (χ3n) is 5.42. The van der Waals surface area contributed by atoms with Gasteiger partial charge in [-0.05, 0) is 36.5 Å². The number of carbonyl (C=O) groups is 1. The molecular weight excluding hydrogens is 387 g/mol. The minimum Gasteiger partial charge on any atom is -0.493 e. The number of methoxy groups -OCH3 is 1. The van der Waals surface area contributed by atoms with E-state index in [-0.39, 0.29) is 30.8 Å². The average molecular weight is 419 g/mol. The molecule has 2 fully saturated rings. The maximum Gasteiger partial charge on any atom is 0.308 e. The monoisotopic (exact) mass is 418 g/mol. The molecule has 1 aromatic carbocycles. The average Bonchev–Trinajstić information content (AvgIpc) is 2.64. The van der Waals surface area contributed by atoms with E-state index in [1.165, 1.54) is 44.6 Å². The number of esters is 1. The van der Waals surface area contributed by atoms with Crippen LogP contribution in [-0.2, 0) is 4.79 Å². The van der Waals surface area contributed by atoms with E-state index in [9.17, 15) is 4.79 Å². The summed E-state index contributed by atoms with van der Waals surface area (Å²) in [5.74, 6) is 1.51. The lowest BCUT2D eigenvalue weighted by molar-refractivity contribution is -0.132. The molecule has 1 aliphatic heterocycles. The number of nitrogens with zero attached hydrogens (tertiary/aromatic N) is 1. The standard InChI is InChI=1S/C20H30N2O3.2ClH/c1-15(23)25-18-9-8-17(14-19(18)24-2)20(16-6-4-3-5-7-16)22-12-10-21-11-13-22;;/h8-9,14,16,20-21H,3-7,10-13H2,1-2H3;2*1H/t20-;;/m1../s1. The van der Waals surface area contributed by atoms with Gasteiger partial charge in [0.1, 0.15) is 0 Å². The molecule has 1 atom stereocenters. The van der Waals surface area contributed by atoms with Gasteiger partial charge in [-0.3, -0.25) is 9.69 Å². The van der Waals surface area contributed by atoms with E-state index >= 15 is 0 Å². The van der Waals surface area contributed by atoms with Crippen molar-refractivity contribution in [1.29, 1.82) is 0 Å². The Bertz CT molecular complexity index is 571. The first-order chi connectivity index (χ1) is 12.2. The van der Waals surface area contributed by atoms with Gasteiger partial charge < -0.3 is 14.8 Å². The van der Waals surface area contributed by atoms with Crippen molar-refractivity contribution in [3.05, 3.63) is 23.8 Å². The summed E-state index contributed by atoms with van der Waals surface area (Å²) in [7, 11) is 1.63. The fraction of sp³-hybridized carbons (Fsp3) is 0.650. The number of hydrogen-bond acceptors (Lipinski definition) is 5. The number of piperazine rings is 1. The van der Waals surface area contributed by atoms with Crippen LogP contribution in [0.15, 0.2) is 18.2 Å². The molecule has 1 saturated heterocycles. The Morgan fingerprint density at radius 2 is 1.78 bits per heavy atom. The lowest BCUT2D eigenvalue weighted by Gasteiger charge is -2.41. The van der Waals surface area contributed by atoms with Gasteiger partial charge in [-0.25, -0.2) is 0 Å². The van der Waals surface area contributed by atoms with Crippen molar-refractivity contribution in [2.75, 3.05) is 33.3 Å². The van der Waals surface area contributed by atoms with Crippen molar-refractivity contribution >= 4 is 30.8 Å². The summed E-state index contributed by atoms with van der Waals surface area (Å²) in [6, 6.07) is 6.48. The summed E-state index contributed by atoms with van der Waals surface area (Å²) < 4.78 is 10.8. The molecule has 0 bridgehead atoms. The molecule has 7 heteroatoms. The number of benzene rings is 1. The van der Waals surface area contributed by atoms with E-state index in [2.05, 4.69) is 22.3 Å². The Hall–Kier alpha value is -1.01. The SMILES string of the molecule is COc1cc([C@@H](C2CCCCC2)N2CCNCC2)ccc1OC(C)=O.Cl.Cl. The number of hydrogen-bond donors (Lipinski definition) is 1. The molecule has 1 N–H and O–H groups in total. The van der Waals surface area contributed by atoms with Crippen molar-refractivity contribution in [2.45, 2.75) is 45.1 Å². The lowest BCUT2D eigenvalue weighted by Crippen LogP contribution is -2.47. The molecule has 27 heavy (non-hydrogen) atoms. The van der Waals surface area contributed by atoms with Gasteiger partial charge in [0.05, 0.1) is 7.11 Å². The van der Waals surface area contributed by atoms with Gasteiger partial charge in [0.25, 0.3) is 0 Å². The first-order valence-electron chi connectivity index (χ1n) is 9.50. The van der Waals surface area contributed by atoms with Gasteiger partial charge in [0, 0.05) is 39.1 Å². The summed E-state index contributed by atoms with van der Waals surface area (Å²) in [5, 5.41) is 3.45. The molecule has 154 valence electrons.